The average Bonchev–Trinajstić information content (AvgIpc) is 3.75. The molecule has 246 valence electrons. The van der Waals surface area contributed by atoms with Crippen LogP contribution in [0.2, 0.25) is 0 Å². The van der Waals surface area contributed by atoms with E-state index < -0.39 is 0 Å². The predicted molar refractivity (Wildman–Crippen MR) is 224 cm³/mol. The molecule has 8 aromatic carbocycles. The fourth-order valence-corrected chi connectivity index (χ4v) is 9.14. The predicted octanol–water partition coefficient (Wildman–Crippen LogP) is 14.3. The molecule has 2 aromatic heterocycles. The summed E-state index contributed by atoms with van der Waals surface area (Å²) in [5.41, 5.74) is 13.1. The molecule has 2 heterocycles. The minimum absolute atomic E-state index is 1.12. The minimum Gasteiger partial charge on any atom is -0.310 e. The molecular formula is C49H34N2S. The van der Waals surface area contributed by atoms with Crippen molar-refractivity contribution < 1.29 is 0 Å². The highest BCUT2D eigenvalue weighted by atomic mass is 32.1. The van der Waals surface area contributed by atoms with E-state index in [1.165, 1.54) is 69.8 Å². The number of aryl methyl sites for hydroxylation is 1. The first-order valence-corrected chi connectivity index (χ1v) is 18.6. The Bertz CT molecular complexity index is 2880. The van der Waals surface area contributed by atoms with Crippen LogP contribution in [-0.2, 0) is 0 Å². The van der Waals surface area contributed by atoms with Crippen LogP contribution in [0.4, 0.5) is 17.1 Å². The Morgan fingerprint density at radius 1 is 0.442 bits per heavy atom. The van der Waals surface area contributed by atoms with Gasteiger partial charge in [0.25, 0.3) is 0 Å². The van der Waals surface area contributed by atoms with Gasteiger partial charge in [-0.15, -0.1) is 11.3 Å². The van der Waals surface area contributed by atoms with Crippen molar-refractivity contribution in [2.75, 3.05) is 4.90 Å². The van der Waals surface area contributed by atoms with Crippen LogP contribution in [-0.4, -0.2) is 4.57 Å². The first-order valence-electron chi connectivity index (χ1n) is 17.8. The van der Waals surface area contributed by atoms with Crippen molar-refractivity contribution in [1.82, 2.24) is 4.57 Å². The summed E-state index contributed by atoms with van der Waals surface area (Å²) in [6.07, 6.45) is 0. The summed E-state index contributed by atoms with van der Waals surface area (Å²) in [4.78, 5) is 2.39. The van der Waals surface area contributed by atoms with Crippen molar-refractivity contribution in [2.45, 2.75) is 6.92 Å². The molecule has 0 radical (unpaired) electrons. The van der Waals surface area contributed by atoms with Crippen LogP contribution in [0, 0.1) is 6.92 Å². The lowest BCUT2D eigenvalue weighted by Crippen LogP contribution is -2.11. The molecule has 10 rings (SSSR count). The largest absolute Gasteiger partial charge is 0.310 e. The number of anilines is 3. The smallest absolute Gasteiger partial charge is 0.0541 e. The molecule has 0 fully saturated rings. The van der Waals surface area contributed by atoms with Gasteiger partial charge in [0.15, 0.2) is 0 Å². The summed E-state index contributed by atoms with van der Waals surface area (Å²) in [7, 11) is 0. The SMILES string of the molecule is Cc1cc(-n2c3ccccc3c3ccccc32)ccc1N(c1ccccc1)c1cccc(-c2cccc(-c3cccc4c3sc3ccccc34)c2)c1. The Morgan fingerprint density at radius 2 is 1.04 bits per heavy atom. The number of para-hydroxylation sites is 3. The zero-order valence-electron chi connectivity index (χ0n) is 28.7. The Labute approximate surface area is 307 Å². The molecule has 10 aromatic rings. The molecule has 0 atom stereocenters. The highest BCUT2D eigenvalue weighted by molar-refractivity contribution is 7.26. The van der Waals surface area contributed by atoms with Crippen molar-refractivity contribution in [1.29, 1.82) is 0 Å². The van der Waals surface area contributed by atoms with Gasteiger partial charge in [-0.25, -0.2) is 0 Å². The number of rotatable bonds is 6. The van der Waals surface area contributed by atoms with E-state index in [-0.39, 0.29) is 0 Å². The second-order valence-corrected chi connectivity index (χ2v) is 14.5. The zero-order valence-corrected chi connectivity index (χ0v) is 29.5. The lowest BCUT2D eigenvalue weighted by atomic mass is 9.97. The Balaban J connectivity index is 1.07. The van der Waals surface area contributed by atoms with Gasteiger partial charge in [0, 0.05) is 53.7 Å². The maximum atomic E-state index is 2.39. The molecule has 0 amide bonds. The maximum absolute atomic E-state index is 2.39. The van der Waals surface area contributed by atoms with E-state index in [9.17, 15) is 0 Å². The van der Waals surface area contributed by atoms with Crippen molar-refractivity contribution in [3.8, 4) is 27.9 Å². The van der Waals surface area contributed by atoms with Crippen molar-refractivity contribution in [3.63, 3.8) is 0 Å². The number of aromatic nitrogens is 1. The van der Waals surface area contributed by atoms with E-state index in [0.717, 1.165) is 22.7 Å². The van der Waals surface area contributed by atoms with E-state index in [2.05, 4.69) is 204 Å². The number of nitrogens with zero attached hydrogens (tertiary/aromatic N) is 2. The van der Waals surface area contributed by atoms with Crippen molar-refractivity contribution in [3.05, 3.63) is 194 Å². The Morgan fingerprint density at radius 3 is 1.81 bits per heavy atom. The molecule has 0 unspecified atom stereocenters. The third-order valence-corrected chi connectivity index (χ3v) is 11.5. The summed E-state index contributed by atoms with van der Waals surface area (Å²) in [6, 6.07) is 68.3. The fourth-order valence-electron chi connectivity index (χ4n) is 7.90. The highest BCUT2D eigenvalue weighted by Crippen LogP contribution is 2.42. The van der Waals surface area contributed by atoms with Gasteiger partial charge in [0.1, 0.15) is 0 Å². The molecule has 0 saturated carbocycles. The third-order valence-electron chi connectivity index (χ3n) is 10.3. The quantitative estimate of drug-likeness (QED) is 0.169. The molecule has 0 spiro atoms. The summed E-state index contributed by atoms with van der Waals surface area (Å²) in [6.45, 7) is 2.23. The van der Waals surface area contributed by atoms with E-state index >= 15 is 0 Å². The van der Waals surface area contributed by atoms with E-state index in [0.29, 0.717) is 0 Å². The standard InChI is InChI=1S/C49H34N2S/c1-33-30-39(51-46-25-8-5-20-41(46)42-21-6-9-26-47(42)51)28-29-45(33)50(37-17-3-2-4-18-37)38-19-12-15-35(32-38)34-14-11-16-36(31-34)40-23-13-24-44-43-22-7-10-27-48(43)52-49(40)44/h2-32H,1H3. The van der Waals surface area contributed by atoms with Gasteiger partial charge >= 0.3 is 0 Å². The topological polar surface area (TPSA) is 8.17 Å². The second-order valence-electron chi connectivity index (χ2n) is 13.4. The number of hydrogen-bond donors (Lipinski definition) is 0. The first-order chi connectivity index (χ1) is 25.7. The second kappa shape index (κ2) is 12.4. The summed E-state index contributed by atoms with van der Waals surface area (Å²) in [5.74, 6) is 0. The summed E-state index contributed by atoms with van der Waals surface area (Å²) >= 11 is 1.88. The van der Waals surface area contributed by atoms with Crippen LogP contribution in [0.1, 0.15) is 5.56 Å². The van der Waals surface area contributed by atoms with Gasteiger partial charge in [-0.3, -0.25) is 0 Å². The van der Waals surface area contributed by atoms with Crippen LogP contribution < -0.4 is 4.90 Å². The number of benzene rings is 8. The fraction of sp³-hybridized carbons (Fsp3) is 0.0204. The Kier molecular flexibility index (Phi) is 7.26. The number of fused-ring (bicyclic) bond motifs is 6. The maximum Gasteiger partial charge on any atom is 0.0541 e. The number of thiophene rings is 1. The average molecular weight is 683 g/mol. The van der Waals surface area contributed by atoms with Crippen LogP contribution in [0.5, 0.6) is 0 Å². The Hall–Kier alpha value is -6.42. The minimum atomic E-state index is 1.12. The number of hydrogen-bond acceptors (Lipinski definition) is 2. The molecule has 0 bridgehead atoms. The molecule has 0 saturated heterocycles. The lowest BCUT2D eigenvalue weighted by Gasteiger charge is -2.28. The molecule has 0 N–H and O–H groups in total. The van der Waals surface area contributed by atoms with E-state index in [1.54, 1.807) is 0 Å². The van der Waals surface area contributed by atoms with Crippen LogP contribution >= 0.6 is 11.3 Å². The van der Waals surface area contributed by atoms with Crippen molar-refractivity contribution >= 4 is 70.4 Å². The van der Waals surface area contributed by atoms with Crippen LogP contribution in [0.3, 0.4) is 0 Å². The molecule has 0 aliphatic rings. The molecule has 2 nitrogen and oxygen atoms in total. The highest BCUT2D eigenvalue weighted by Gasteiger charge is 2.18. The third kappa shape index (κ3) is 5.01. The molecular weight excluding hydrogens is 649 g/mol. The lowest BCUT2D eigenvalue weighted by molar-refractivity contribution is 1.16. The molecule has 0 aliphatic carbocycles. The first kappa shape index (κ1) is 30.4. The van der Waals surface area contributed by atoms with Gasteiger partial charge in [0.05, 0.1) is 11.0 Å². The van der Waals surface area contributed by atoms with E-state index in [4.69, 9.17) is 0 Å². The monoisotopic (exact) mass is 682 g/mol. The van der Waals surface area contributed by atoms with Gasteiger partial charge in [-0.05, 0) is 101 Å². The molecule has 3 heteroatoms. The zero-order chi connectivity index (χ0) is 34.6. The van der Waals surface area contributed by atoms with Gasteiger partial charge in [-0.1, -0.05) is 121 Å². The van der Waals surface area contributed by atoms with Gasteiger partial charge in [-0.2, -0.15) is 0 Å². The van der Waals surface area contributed by atoms with E-state index in [1.807, 2.05) is 11.3 Å². The van der Waals surface area contributed by atoms with Gasteiger partial charge in [0.2, 0.25) is 0 Å². The van der Waals surface area contributed by atoms with Gasteiger partial charge < -0.3 is 9.47 Å². The normalized spacial score (nSPS) is 11.6. The summed E-state index contributed by atoms with van der Waals surface area (Å²) < 4.78 is 5.05. The molecule has 0 aliphatic heterocycles. The summed E-state index contributed by atoms with van der Waals surface area (Å²) in [5, 5.41) is 5.19. The van der Waals surface area contributed by atoms with Crippen LogP contribution in [0.25, 0.3) is 69.9 Å². The van der Waals surface area contributed by atoms with Crippen molar-refractivity contribution in [2.24, 2.45) is 0 Å². The molecule has 52 heavy (non-hydrogen) atoms. The van der Waals surface area contributed by atoms with Crippen LogP contribution in [0.15, 0.2) is 188 Å².